The monoisotopic (exact) mass is 379 g/mol. The van der Waals surface area contributed by atoms with E-state index in [1.54, 1.807) is 19.1 Å². The van der Waals surface area contributed by atoms with Crippen LogP contribution in [-0.4, -0.2) is 31.4 Å². The molecule has 0 fully saturated rings. The highest BCUT2D eigenvalue weighted by atomic mass is 32.2. The van der Waals surface area contributed by atoms with Crippen LogP contribution in [-0.2, 0) is 4.79 Å². The summed E-state index contributed by atoms with van der Waals surface area (Å²) in [7, 11) is 0. The number of halogens is 3. The molecule has 0 aliphatic heterocycles. The van der Waals surface area contributed by atoms with Gasteiger partial charge in [0.15, 0.2) is 17.5 Å². The van der Waals surface area contributed by atoms with Crippen molar-refractivity contribution in [3.63, 3.8) is 0 Å². The summed E-state index contributed by atoms with van der Waals surface area (Å²) in [4.78, 5) is 12.2. The van der Waals surface area contributed by atoms with Gasteiger partial charge < -0.3 is 5.32 Å². The number of nitrogens with one attached hydrogen (secondary N) is 1. The fourth-order valence-corrected chi connectivity index (χ4v) is 2.86. The molecule has 0 bridgehead atoms. The summed E-state index contributed by atoms with van der Waals surface area (Å²) in [6.45, 7) is 1.56. The Balaban J connectivity index is 1.73. The van der Waals surface area contributed by atoms with Crippen molar-refractivity contribution in [3.8, 4) is 5.69 Å². The molecule has 0 aliphatic rings. The predicted molar refractivity (Wildman–Crippen MR) is 89.4 cm³/mol. The number of aromatic nitrogens is 4. The van der Waals surface area contributed by atoms with Gasteiger partial charge in [-0.2, -0.15) is 4.68 Å². The van der Waals surface area contributed by atoms with Gasteiger partial charge in [-0.3, -0.25) is 4.79 Å². The van der Waals surface area contributed by atoms with Gasteiger partial charge in [0.2, 0.25) is 11.1 Å². The van der Waals surface area contributed by atoms with E-state index in [-0.39, 0.29) is 0 Å². The van der Waals surface area contributed by atoms with E-state index in [9.17, 15) is 18.0 Å². The Morgan fingerprint density at radius 1 is 1.12 bits per heavy atom. The number of benzene rings is 2. The quantitative estimate of drug-likeness (QED) is 0.544. The zero-order valence-corrected chi connectivity index (χ0v) is 14.2. The number of amides is 1. The highest BCUT2D eigenvalue weighted by Gasteiger charge is 2.22. The largest absolute Gasteiger partial charge is 0.323 e. The molecule has 3 rings (SSSR count). The van der Waals surface area contributed by atoms with Crippen molar-refractivity contribution < 1.29 is 18.0 Å². The van der Waals surface area contributed by atoms with E-state index in [0.29, 0.717) is 10.8 Å². The second kappa shape index (κ2) is 7.56. The van der Waals surface area contributed by atoms with Crippen molar-refractivity contribution in [3.05, 3.63) is 59.9 Å². The number of para-hydroxylation sites is 1. The van der Waals surface area contributed by atoms with E-state index in [1.165, 1.54) is 4.68 Å². The van der Waals surface area contributed by atoms with Crippen molar-refractivity contribution in [2.24, 2.45) is 0 Å². The van der Waals surface area contributed by atoms with Gasteiger partial charge in [-0.25, -0.2) is 13.2 Å². The molecule has 1 amide bonds. The minimum absolute atomic E-state index is 0.351. The number of carbonyl (C=O) groups excluding carboxylic acids is 1. The molecule has 10 heteroatoms. The molecule has 1 heterocycles. The number of rotatable bonds is 5. The summed E-state index contributed by atoms with van der Waals surface area (Å²) in [5.41, 5.74) is 0.267. The number of thioether (sulfide) groups is 1. The summed E-state index contributed by atoms with van der Waals surface area (Å²) in [5.74, 6) is -5.03. The third kappa shape index (κ3) is 3.69. The number of anilines is 1. The second-order valence-corrected chi connectivity index (χ2v) is 6.49. The molecule has 1 atom stereocenters. The van der Waals surface area contributed by atoms with Crippen molar-refractivity contribution in [2.45, 2.75) is 17.3 Å². The third-order valence-corrected chi connectivity index (χ3v) is 4.42. The molecule has 0 aliphatic carbocycles. The Morgan fingerprint density at radius 3 is 2.58 bits per heavy atom. The molecule has 1 aromatic heterocycles. The minimum Gasteiger partial charge on any atom is -0.323 e. The molecular formula is C16H12F3N5OS. The van der Waals surface area contributed by atoms with Crippen molar-refractivity contribution >= 4 is 23.4 Å². The first kappa shape index (κ1) is 17.9. The molecule has 6 nitrogen and oxygen atoms in total. The maximum absolute atomic E-state index is 13.7. The Morgan fingerprint density at radius 2 is 1.85 bits per heavy atom. The molecule has 3 aromatic rings. The predicted octanol–water partition coefficient (Wildman–Crippen LogP) is 3.20. The fourth-order valence-electron chi connectivity index (χ4n) is 2.05. The van der Waals surface area contributed by atoms with Crippen LogP contribution in [0.15, 0.2) is 47.6 Å². The van der Waals surface area contributed by atoms with Crippen LogP contribution in [0.25, 0.3) is 5.69 Å². The molecular weight excluding hydrogens is 367 g/mol. The lowest BCUT2D eigenvalue weighted by molar-refractivity contribution is -0.115. The Labute approximate surface area is 150 Å². The van der Waals surface area contributed by atoms with Crippen molar-refractivity contribution in [1.82, 2.24) is 20.2 Å². The van der Waals surface area contributed by atoms with Crippen LogP contribution in [0.2, 0.25) is 0 Å². The summed E-state index contributed by atoms with van der Waals surface area (Å²) < 4.78 is 41.3. The SMILES string of the molecule is C[C@H](Sc1nnnn1-c1ccccc1)C(=O)Nc1ccc(F)c(F)c1F. The van der Waals surface area contributed by atoms with E-state index in [0.717, 1.165) is 23.9 Å². The number of hydrogen-bond acceptors (Lipinski definition) is 5. The normalized spacial score (nSPS) is 12.0. The van der Waals surface area contributed by atoms with Crippen LogP contribution in [0, 0.1) is 17.5 Å². The van der Waals surface area contributed by atoms with E-state index in [4.69, 9.17) is 0 Å². The minimum atomic E-state index is -1.64. The molecule has 1 N–H and O–H groups in total. The summed E-state index contributed by atoms with van der Waals surface area (Å²) in [5, 5.41) is 13.2. The summed E-state index contributed by atoms with van der Waals surface area (Å²) >= 11 is 1.04. The zero-order valence-electron chi connectivity index (χ0n) is 13.4. The fraction of sp³-hybridized carbons (Fsp3) is 0.125. The van der Waals surface area contributed by atoms with Crippen LogP contribution in [0.4, 0.5) is 18.9 Å². The smallest absolute Gasteiger partial charge is 0.237 e. The maximum Gasteiger partial charge on any atom is 0.237 e. The molecule has 0 saturated heterocycles. The van der Waals surface area contributed by atoms with Crippen LogP contribution in [0.1, 0.15) is 6.92 Å². The Bertz CT molecular complexity index is 935. The van der Waals surface area contributed by atoms with E-state index in [2.05, 4.69) is 20.8 Å². The molecule has 0 spiro atoms. The van der Waals surface area contributed by atoms with Gasteiger partial charge in [-0.15, -0.1) is 5.10 Å². The van der Waals surface area contributed by atoms with Gasteiger partial charge in [0, 0.05) is 0 Å². The lowest BCUT2D eigenvalue weighted by Gasteiger charge is -2.12. The van der Waals surface area contributed by atoms with Gasteiger partial charge >= 0.3 is 0 Å². The van der Waals surface area contributed by atoms with Gasteiger partial charge in [0.05, 0.1) is 16.6 Å². The third-order valence-electron chi connectivity index (χ3n) is 3.39. The summed E-state index contributed by atoms with van der Waals surface area (Å²) in [6.07, 6.45) is 0. The highest BCUT2D eigenvalue weighted by molar-refractivity contribution is 8.00. The molecule has 134 valence electrons. The summed E-state index contributed by atoms with van der Waals surface area (Å²) in [6, 6.07) is 10.7. The van der Waals surface area contributed by atoms with Gasteiger partial charge in [-0.1, -0.05) is 30.0 Å². The number of nitrogens with zero attached hydrogens (tertiary/aromatic N) is 4. The van der Waals surface area contributed by atoms with Gasteiger partial charge in [0.1, 0.15) is 0 Å². The molecule has 0 unspecified atom stereocenters. The molecule has 26 heavy (non-hydrogen) atoms. The first-order chi connectivity index (χ1) is 12.5. The molecule has 0 radical (unpaired) electrons. The topological polar surface area (TPSA) is 72.7 Å². The van der Waals surface area contributed by atoms with E-state index < -0.39 is 34.3 Å². The standard InChI is InChI=1S/C16H12F3N5OS/c1-9(15(25)20-12-8-7-11(17)13(18)14(12)19)26-16-21-22-23-24(16)10-5-3-2-4-6-10/h2-9H,1H3,(H,20,25)/t9-/m0/s1. The Kier molecular flexibility index (Phi) is 5.21. The van der Waals surface area contributed by atoms with Crippen LogP contribution < -0.4 is 5.32 Å². The van der Waals surface area contributed by atoms with Crippen LogP contribution in [0.5, 0.6) is 0 Å². The second-order valence-electron chi connectivity index (χ2n) is 5.18. The maximum atomic E-state index is 13.7. The lowest BCUT2D eigenvalue weighted by Crippen LogP contribution is -2.23. The highest BCUT2D eigenvalue weighted by Crippen LogP contribution is 2.25. The van der Waals surface area contributed by atoms with Gasteiger partial charge in [-0.05, 0) is 41.6 Å². The first-order valence-corrected chi connectivity index (χ1v) is 8.30. The number of hydrogen-bond donors (Lipinski definition) is 1. The van der Waals surface area contributed by atoms with Crippen molar-refractivity contribution in [2.75, 3.05) is 5.32 Å². The average molecular weight is 379 g/mol. The van der Waals surface area contributed by atoms with E-state index >= 15 is 0 Å². The van der Waals surface area contributed by atoms with Crippen LogP contribution in [0.3, 0.4) is 0 Å². The Hall–Kier alpha value is -2.88. The van der Waals surface area contributed by atoms with Crippen molar-refractivity contribution in [1.29, 1.82) is 0 Å². The number of tetrazole rings is 1. The van der Waals surface area contributed by atoms with Crippen LogP contribution >= 0.6 is 11.8 Å². The molecule has 0 saturated carbocycles. The average Bonchev–Trinajstić information content (AvgIpc) is 3.11. The zero-order chi connectivity index (χ0) is 18.7. The lowest BCUT2D eigenvalue weighted by atomic mass is 10.2. The molecule has 2 aromatic carbocycles. The van der Waals surface area contributed by atoms with Gasteiger partial charge in [0.25, 0.3) is 0 Å². The van der Waals surface area contributed by atoms with E-state index in [1.807, 2.05) is 18.2 Å². The number of carbonyl (C=O) groups is 1. The first-order valence-electron chi connectivity index (χ1n) is 7.42.